The number of nitrogens with zero attached hydrogens (tertiary/aromatic N) is 3. The van der Waals surface area contributed by atoms with Gasteiger partial charge in [-0.05, 0) is 81.6 Å². The van der Waals surface area contributed by atoms with Gasteiger partial charge in [0.1, 0.15) is 17.7 Å². The minimum atomic E-state index is -0.732. The predicted molar refractivity (Wildman–Crippen MR) is 166 cm³/mol. The summed E-state index contributed by atoms with van der Waals surface area (Å²) >= 11 is 0. The maximum atomic E-state index is 13.7. The number of hydrogen-bond donors (Lipinski definition) is 1. The van der Waals surface area contributed by atoms with Crippen LogP contribution in [0.15, 0.2) is 30.3 Å². The first kappa shape index (κ1) is 32.3. The van der Waals surface area contributed by atoms with Gasteiger partial charge in [-0.1, -0.05) is 57.5 Å². The number of likely N-dealkylation sites (tertiary alicyclic amines) is 1. The molecule has 0 radical (unpaired) electrons. The van der Waals surface area contributed by atoms with Crippen molar-refractivity contribution >= 4 is 17.9 Å². The van der Waals surface area contributed by atoms with E-state index in [-0.39, 0.29) is 24.0 Å². The number of piperidine rings is 1. The molecule has 1 saturated carbocycles. The lowest BCUT2D eigenvalue weighted by molar-refractivity contribution is -0.161. The van der Waals surface area contributed by atoms with Crippen molar-refractivity contribution < 1.29 is 19.1 Å². The van der Waals surface area contributed by atoms with E-state index in [2.05, 4.69) is 55.3 Å². The Morgan fingerprint density at radius 3 is 2.48 bits per heavy atom. The summed E-state index contributed by atoms with van der Waals surface area (Å²) in [5.41, 5.74) is 0.593. The molecule has 1 aliphatic carbocycles. The van der Waals surface area contributed by atoms with Crippen molar-refractivity contribution in [2.45, 2.75) is 109 Å². The number of rotatable bonds is 12. The van der Waals surface area contributed by atoms with Gasteiger partial charge in [0.05, 0.1) is 0 Å². The average molecular weight is 583 g/mol. The summed E-state index contributed by atoms with van der Waals surface area (Å²) in [7, 11) is 1.79. The Kier molecular flexibility index (Phi) is 11.7. The number of nitrogens with one attached hydrogen (secondary N) is 1. The molecule has 42 heavy (non-hydrogen) atoms. The maximum absolute atomic E-state index is 13.7. The van der Waals surface area contributed by atoms with E-state index >= 15 is 0 Å². The fourth-order valence-corrected chi connectivity index (χ4v) is 7.24. The van der Waals surface area contributed by atoms with Crippen molar-refractivity contribution in [3.05, 3.63) is 35.9 Å². The Labute approximate surface area is 253 Å². The van der Waals surface area contributed by atoms with E-state index < -0.39 is 11.6 Å². The average Bonchev–Trinajstić information content (AvgIpc) is 3.00. The molecule has 4 rings (SSSR count). The number of ether oxygens (including phenoxy) is 1. The topological polar surface area (TPSA) is 82.2 Å². The fraction of sp³-hybridized carbons (Fsp3) is 0.735. The highest BCUT2D eigenvalue weighted by atomic mass is 16.6. The van der Waals surface area contributed by atoms with E-state index in [0.717, 1.165) is 64.6 Å². The maximum Gasteiger partial charge on any atom is 0.409 e. The molecular weight excluding hydrogens is 528 g/mol. The molecular formula is C34H54N4O4. The van der Waals surface area contributed by atoms with Gasteiger partial charge in [-0.15, -0.1) is 0 Å². The Hall–Kier alpha value is -2.61. The molecule has 0 unspecified atom stereocenters. The van der Waals surface area contributed by atoms with Crippen LogP contribution in [0.3, 0.4) is 0 Å². The smallest absolute Gasteiger partial charge is 0.409 e. The SMILES string of the molecule is CCCN1C(=O)[C@H](CCCCN(C)C(=O)O[C@@H]2CCCC[C@H]2C(C)C)NC(=O)C12CCN(CCc1ccccc1)CC2. The van der Waals surface area contributed by atoms with Crippen LogP contribution in [0.4, 0.5) is 4.79 Å². The summed E-state index contributed by atoms with van der Waals surface area (Å²) in [6.07, 6.45) is 9.46. The highest BCUT2D eigenvalue weighted by molar-refractivity contribution is 6.00. The minimum absolute atomic E-state index is 0.0103. The van der Waals surface area contributed by atoms with E-state index in [1.54, 1.807) is 11.9 Å². The molecule has 8 nitrogen and oxygen atoms in total. The number of benzene rings is 1. The summed E-state index contributed by atoms with van der Waals surface area (Å²) in [6, 6.07) is 10.0. The van der Waals surface area contributed by atoms with Crippen LogP contribution in [-0.4, -0.2) is 90.1 Å². The molecule has 8 heteroatoms. The van der Waals surface area contributed by atoms with Gasteiger partial charge < -0.3 is 24.8 Å². The van der Waals surface area contributed by atoms with E-state index in [0.29, 0.717) is 44.2 Å². The van der Waals surface area contributed by atoms with Crippen LogP contribution in [0, 0.1) is 11.8 Å². The zero-order valence-corrected chi connectivity index (χ0v) is 26.5. The second-order valence-corrected chi connectivity index (χ2v) is 13.2. The van der Waals surface area contributed by atoms with Crippen molar-refractivity contribution in [2.24, 2.45) is 11.8 Å². The first-order valence-electron chi connectivity index (χ1n) is 16.6. The van der Waals surface area contributed by atoms with E-state index in [4.69, 9.17) is 4.74 Å². The van der Waals surface area contributed by atoms with Gasteiger partial charge in [0, 0.05) is 39.8 Å². The monoisotopic (exact) mass is 582 g/mol. The largest absolute Gasteiger partial charge is 0.446 e. The molecule has 0 aromatic heterocycles. The van der Waals surface area contributed by atoms with E-state index in [9.17, 15) is 14.4 Å². The Morgan fingerprint density at radius 1 is 1.07 bits per heavy atom. The van der Waals surface area contributed by atoms with Crippen molar-refractivity contribution in [1.82, 2.24) is 20.0 Å². The molecule has 2 aliphatic heterocycles. The molecule has 3 aliphatic rings. The third-order valence-electron chi connectivity index (χ3n) is 9.91. The molecule has 2 heterocycles. The van der Waals surface area contributed by atoms with Crippen LogP contribution >= 0.6 is 0 Å². The molecule has 3 fully saturated rings. The van der Waals surface area contributed by atoms with Gasteiger partial charge in [0.25, 0.3) is 0 Å². The summed E-state index contributed by atoms with van der Waals surface area (Å²) in [4.78, 5) is 46.0. The summed E-state index contributed by atoms with van der Waals surface area (Å²) in [6.45, 7) is 10.3. The van der Waals surface area contributed by atoms with Crippen LogP contribution in [0.1, 0.15) is 90.5 Å². The zero-order valence-electron chi connectivity index (χ0n) is 26.5. The van der Waals surface area contributed by atoms with Crippen LogP contribution in [-0.2, 0) is 20.7 Å². The van der Waals surface area contributed by atoms with Crippen molar-refractivity contribution in [3.63, 3.8) is 0 Å². The molecule has 3 amide bonds. The Balaban J connectivity index is 1.23. The van der Waals surface area contributed by atoms with E-state index in [1.165, 1.54) is 12.0 Å². The van der Waals surface area contributed by atoms with Gasteiger partial charge >= 0.3 is 6.09 Å². The number of amides is 3. The van der Waals surface area contributed by atoms with Gasteiger partial charge in [-0.25, -0.2) is 4.79 Å². The van der Waals surface area contributed by atoms with Crippen LogP contribution in [0.5, 0.6) is 0 Å². The lowest BCUT2D eigenvalue weighted by atomic mass is 9.79. The molecule has 3 atom stereocenters. The summed E-state index contributed by atoms with van der Waals surface area (Å²) in [5, 5.41) is 3.11. The number of carbonyl (C=O) groups is 3. The van der Waals surface area contributed by atoms with Crippen LogP contribution < -0.4 is 5.32 Å². The molecule has 1 aromatic rings. The number of hydrogen-bond acceptors (Lipinski definition) is 5. The standard InChI is InChI=1S/C34H54N4O4/c1-5-21-38-31(39)29(16-11-12-22-36(4)33(41)42-30-17-10-9-15-28(30)26(2)3)35-32(40)34(38)19-24-37(25-20-34)23-18-27-13-7-6-8-14-27/h6-8,13-14,26,28-30H,5,9-12,15-25H2,1-4H3,(H,35,40)/t28-,29-,30+/m0/s1. The van der Waals surface area contributed by atoms with Crippen molar-refractivity contribution in [1.29, 1.82) is 0 Å². The third kappa shape index (κ3) is 7.86. The second-order valence-electron chi connectivity index (χ2n) is 13.2. The highest BCUT2D eigenvalue weighted by Gasteiger charge is 2.53. The summed E-state index contributed by atoms with van der Waals surface area (Å²) < 4.78 is 5.92. The minimum Gasteiger partial charge on any atom is -0.446 e. The lowest BCUT2D eigenvalue weighted by Gasteiger charge is -2.51. The Morgan fingerprint density at radius 2 is 1.79 bits per heavy atom. The third-order valence-corrected chi connectivity index (χ3v) is 9.91. The summed E-state index contributed by atoms with van der Waals surface area (Å²) in [5.74, 6) is 1.01. The number of carbonyl (C=O) groups excluding carboxylic acids is 3. The van der Waals surface area contributed by atoms with Gasteiger partial charge in [0.2, 0.25) is 11.8 Å². The molecule has 1 spiro atoms. The van der Waals surface area contributed by atoms with Gasteiger partial charge in [0.15, 0.2) is 0 Å². The molecule has 2 saturated heterocycles. The Bertz CT molecular complexity index is 1020. The molecule has 1 aromatic carbocycles. The second kappa shape index (κ2) is 15.2. The molecule has 234 valence electrons. The van der Waals surface area contributed by atoms with Gasteiger partial charge in [-0.2, -0.15) is 0 Å². The van der Waals surface area contributed by atoms with Crippen molar-refractivity contribution in [3.8, 4) is 0 Å². The fourth-order valence-electron chi connectivity index (χ4n) is 7.24. The highest BCUT2D eigenvalue weighted by Crippen LogP contribution is 2.34. The zero-order chi connectivity index (χ0) is 30.1. The van der Waals surface area contributed by atoms with Crippen LogP contribution in [0.25, 0.3) is 0 Å². The quantitative estimate of drug-likeness (QED) is 0.340. The first-order chi connectivity index (χ1) is 20.2. The normalized spacial score (nSPS) is 24.6. The predicted octanol–water partition coefficient (Wildman–Crippen LogP) is 5.25. The van der Waals surface area contributed by atoms with E-state index in [1.807, 2.05) is 11.0 Å². The number of unbranched alkanes of at least 4 members (excludes halogenated alkanes) is 1. The first-order valence-corrected chi connectivity index (χ1v) is 16.6. The van der Waals surface area contributed by atoms with Crippen molar-refractivity contribution in [2.75, 3.05) is 39.8 Å². The van der Waals surface area contributed by atoms with Crippen LogP contribution in [0.2, 0.25) is 0 Å². The lowest BCUT2D eigenvalue weighted by Crippen LogP contribution is -2.72. The van der Waals surface area contributed by atoms with Gasteiger partial charge in [-0.3, -0.25) is 9.59 Å². The number of piperazine rings is 1. The molecule has 0 bridgehead atoms. The molecule has 1 N–H and O–H groups in total.